The van der Waals surface area contributed by atoms with Gasteiger partial charge in [0, 0.05) is 11.5 Å². The summed E-state index contributed by atoms with van der Waals surface area (Å²) in [4.78, 5) is 38.9. The number of fused-ring (bicyclic) bond motifs is 1. The zero-order chi connectivity index (χ0) is 18.3. The molecule has 2 fully saturated rings. The van der Waals surface area contributed by atoms with Crippen molar-refractivity contribution in [3.8, 4) is 0 Å². The first-order valence-electron chi connectivity index (χ1n) is 7.71. The molecule has 1 aromatic carbocycles. The summed E-state index contributed by atoms with van der Waals surface area (Å²) in [5, 5.41) is 2.93. The van der Waals surface area contributed by atoms with Crippen LogP contribution in [0.2, 0.25) is 0 Å². The highest BCUT2D eigenvalue weighted by atomic mass is 79.9. The summed E-state index contributed by atoms with van der Waals surface area (Å²) >= 11 is 3.31. The van der Waals surface area contributed by atoms with Crippen LogP contribution in [0, 0.1) is 5.92 Å². The average Bonchev–Trinajstić information content (AvgIpc) is 3.03. The number of likely N-dealkylation sites (tertiary alicyclic amines) is 1. The number of benzene rings is 1. The second-order valence-electron chi connectivity index (χ2n) is 5.99. The van der Waals surface area contributed by atoms with Crippen LogP contribution in [0.15, 0.2) is 41.4 Å². The molecular formula is C17H18BrN3O4. The number of methoxy groups -OCH3 is 1. The third kappa shape index (κ3) is 2.75. The van der Waals surface area contributed by atoms with Crippen LogP contribution in [0.25, 0.3) is 0 Å². The van der Waals surface area contributed by atoms with Gasteiger partial charge in [0.2, 0.25) is 5.91 Å². The molecule has 3 amide bonds. The molecule has 0 unspecified atom stereocenters. The third-order valence-electron chi connectivity index (χ3n) is 4.58. The molecule has 0 spiro atoms. The molecule has 3 atom stereocenters. The molecule has 0 aliphatic carbocycles. The molecule has 132 valence electrons. The van der Waals surface area contributed by atoms with E-state index in [4.69, 9.17) is 4.74 Å². The van der Waals surface area contributed by atoms with Crippen LogP contribution in [0.4, 0.5) is 4.79 Å². The number of halogens is 1. The van der Waals surface area contributed by atoms with Crippen LogP contribution < -0.4 is 0 Å². The molecule has 0 aromatic heterocycles. The number of carbonyl (C=O) groups is 3. The lowest BCUT2D eigenvalue weighted by atomic mass is 9.90. The van der Waals surface area contributed by atoms with E-state index < -0.39 is 30.0 Å². The van der Waals surface area contributed by atoms with Crippen molar-refractivity contribution < 1.29 is 19.1 Å². The highest BCUT2D eigenvalue weighted by Gasteiger charge is 2.62. The largest absolute Gasteiger partial charge is 0.452 e. The highest BCUT2D eigenvalue weighted by molar-refractivity contribution is 9.11. The normalized spacial score (nSPS) is 26.1. The van der Waals surface area contributed by atoms with Crippen molar-refractivity contribution in [1.29, 1.82) is 0 Å². The third-order valence-corrected chi connectivity index (χ3v) is 4.83. The highest BCUT2D eigenvalue weighted by Crippen LogP contribution is 2.46. The molecule has 2 aliphatic heterocycles. The van der Waals surface area contributed by atoms with Gasteiger partial charge in [-0.15, -0.1) is 0 Å². The minimum absolute atomic E-state index is 0.256. The second-order valence-corrected chi connectivity index (χ2v) is 7.11. The summed E-state index contributed by atoms with van der Waals surface area (Å²) in [5.41, 5.74) is 0.842. The molecule has 8 heteroatoms. The number of carbonyl (C=O) groups excluding carboxylic acids is 3. The first-order valence-corrected chi connectivity index (χ1v) is 8.51. The maximum absolute atomic E-state index is 12.7. The van der Waals surface area contributed by atoms with Crippen molar-refractivity contribution in [3.63, 3.8) is 0 Å². The van der Waals surface area contributed by atoms with Crippen LogP contribution in [0.3, 0.4) is 0 Å². The molecule has 3 rings (SSSR count). The van der Waals surface area contributed by atoms with Gasteiger partial charge in [0.15, 0.2) is 0 Å². The van der Waals surface area contributed by atoms with E-state index in [2.05, 4.69) is 22.5 Å². The summed E-state index contributed by atoms with van der Waals surface area (Å²) in [6.45, 7) is 4.09. The number of nitrogens with zero attached hydrogens (tertiary/aromatic N) is 3. The number of ether oxygens (including phenoxy) is 1. The Morgan fingerprint density at radius 2 is 1.84 bits per heavy atom. The Morgan fingerprint density at radius 1 is 1.20 bits per heavy atom. The van der Waals surface area contributed by atoms with Crippen molar-refractivity contribution in [2.75, 3.05) is 20.7 Å². The number of amides is 3. The summed E-state index contributed by atoms with van der Waals surface area (Å²) in [6, 6.07) is 7.96. The van der Waals surface area contributed by atoms with Crippen LogP contribution in [-0.4, -0.2) is 59.6 Å². The van der Waals surface area contributed by atoms with E-state index in [0.29, 0.717) is 4.48 Å². The summed E-state index contributed by atoms with van der Waals surface area (Å²) < 4.78 is 5.50. The standard InChI is InChI=1S/C17H18BrN3O4/c1-10(18)9-20-13(11-7-5-4-6-8-11)12-14(21(20)17(24)25-3)16(23)19(2)15(12)22/h4-8,12-14H,1,9H2,2-3H3/t12-,13-,14+/m1/s1. The minimum atomic E-state index is -0.915. The molecule has 25 heavy (non-hydrogen) atoms. The lowest BCUT2D eigenvalue weighted by Gasteiger charge is -2.33. The van der Waals surface area contributed by atoms with E-state index in [9.17, 15) is 14.4 Å². The van der Waals surface area contributed by atoms with E-state index in [1.165, 1.54) is 19.2 Å². The van der Waals surface area contributed by atoms with Gasteiger partial charge in [-0.3, -0.25) is 14.5 Å². The predicted molar refractivity (Wildman–Crippen MR) is 93.3 cm³/mol. The van der Waals surface area contributed by atoms with Gasteiger partial charge < -0.3 is 4.74 Å². The Balaban J connectivity index is 2.15. The van der Waals surface area contributed by atoms with Crippen LogP contribution in [-0.2, 0) is 14.3 Å². The van der Waals surface area contributed by atoms with Gasteiger partial charge >= 0.3 is 6.09 Å². The lowest BCUT2D eigenvalue weighted by molar-refractivity contribution is -0.142. The van der Waals surface area contributed by atoms with Gasteiger partial charge in [-0.1, -0.05) is 52.8 Å². The van der Waals surface area contributed by atoms with Gasteiger partial charge in [0.25, 0.3) is 5.91 Å². The number of hydrogen-bond donors (Lipinski definition) is 0. The van der Waals surface area contributed by atoms with Crippen LogP contribution in [0.1, 0.15) is 11.6 Å². The fraction of sp³-hybridized carbons (Fsp3) is 0.353. The van der Waals surface area contributed by atoms with Crippen molar-refractivity contribution in [3.05, 3.63) is 47.0 Å². The zero-order valence-electron chi connectivity index (χ0n) is 13.9. The van der Waals surface area contributed by atoms with E-state index in [1.807, 2.05) is 30.3 Å². The predicted octanol–water partition coefficient (Wildman–Crippen LogP) is 1.92. The van der Waals surface area contributed by atoms with E-state index in [-0.39, 0.29) is 12.5 Å². The Labute approximate surface area is 153 Å². The number of hydrogen-bond acceptors (Lipinski definition) is 5. The van der Waals surface area contributed by atoms with Crippen molar-refractivity contribution >= 4 is 33.8 Å². The van der Waals surface area contributed by atoms with E-state index >= 15 is 0 Å². The smallest absolute Gasteiger partial charge is 0.424 e. The first kappa shape index (κ1) is 17.6. The number of likely N-dealkylation sites (N-methyl/N-ethyl adjacent to an activating group) is 1. The van der Waals surface area contributed by atoms with Gasteiger partial charge in [0.1, 0.15) is 6.04 Å². The minimum Gasteiger partial charge on any atom is -0.452 e. The van der Waals surface area contributed by atoms with E-state index in [0.717, 1.165) is 10.5 Å². The molecule has 0 radical (unpaired) electrons. The van der Waals surface area contributed by atoms with Crippen molar-refractivity contribution in [2.45, 2.75) is 12.1 Å². The Hall–Kier alpha value is -2.19. The Morgan fingerprint density at radius 3 is 2.40 bits per heavy atom. The second kappa shape index (κ2) is 6.61. The van der Waals surface area contributed by atoms with Crippen LogP contribution in [0.5, 0.6) is 0 Å². The molecule has 0 saturated carbocycles. The SMILES string of the molecule is C=C(Br)CN1[C@H](c2ccccc2)[C@H]2C(=O)N(C)C(=O)[C@H]2N1C(=O)OC. The topological polar surface area (TPSA) is 70.2 Å². The van der Waals surface area contributed by atoms with Crippen LogP contribution >= 0.6 is 15.9 Å². The molecule has 1 aromatic rings. The molecule has 2 saturated heterocycles. The van der Waals surface area contributed by atoms with Gasteiger partial charge in [-0.05, 0) is 5.56 Å². The average molecular weight is 408 g/mol. The Kier molecular flexibility index (Phi) is 4.66. The lowest BCUT2D eigenvalue weighted by Crippen LogP contribution is -2.50. The fourth-order valence-electron chi connectivity index (χ4n) is 3.55. The molecule has 2 heterocycles. The first-order chi connectivity index (χ1) is 11.9. The molecule has 7 nitrogen and oxygen atoms in total. The number of imide groups is 1. The molecule has 2 aliphatic rings. The summed E-state index contributed by atoms with van der Waals surface area (Å²) in [6.07, 6.45) is -0.682. The maximum Gasteiger partial charge on any atom is 0.424 e. The van der Waals surface area contributed by atoms with Crippen molar-refractivity contribution in [2.24, 2.45) is 5.92 Å². The molecular weight excluding hydrogens is 390 g/mol. The number of rotatable bonds is 3. The van der Waals surface area contributed by atoms with Crippen molar-refractivity contribution in [1.82, 2.24) is 14.9 Å². The van der Waals surface area contributed by atoms with Gasteiger partial charge in [0.05, 0.1) is 25.6 Å². The Bertz CT molecular complexity index is 739. The van der Waals surface area contributed by atoms with E-state index in [1.54, 1.807) is 5.01 Å². The number of hydrazine groups is 1. The van der Waals surface area contributed by atoms with Gasteiger partial charge in [-0.2, -0.15) is 0 Å². The maximum atomic E-state index is 12.7. The monoisotopic (exact) mass is 407 g/mol. The quantitative estimate of drug-likeness (QED) is 0.715. The van der Waals surface area contributed by atoms with Gasteiger partial charge in [-0.25, -0.2) is 14.8 Å². The molecule has 0 N–H and O–H groups in total. The summed E-state index contributed by atoms with van der Waals surface area (Å²) in [5.74, 6) is -1.41. The molecule has 0 bridgehead atoms. The zero-order valence-corrected chi connectivity index (χ0v) is 15.5. The fourth-order valence-corrected chi connectivity index (χ4v) is 3.81. The summed E-state index contributed by atoms with van der Waals surface area (Å²) in [7, 11) is 2.69.